The number of fused-ring (bicyclic) bond motifs is 2. The molecule has 37 heavy (non-hydrogen) atoms. The summed E-state index contributed by atoms with van der Waals surface area (Å²) in [5.74, 6) is -4.34. The van der Waals surface area contributed by atoms with Crippen molar-refractivity contribution in [3.8, 4) is 11.3 Å². The number of hydrogen-bond acceptors (Lipinski definition) is 5. The Kier molecular flexibility index (Phi) is 5.18. The fourth-order valence-electron chi connectivity index (χ4n) is 4.85. The third-order valence-electron chi connectivity index (χ3n) is 6.28. The third-order valence-corrected chi connectivity index (χ3v) is 6.28. The Morgan fingerprint density at radius 3 is 2.57 bits per heavy atom. The highest BCUT2D eigenvalue weighted by atomic mass is 19.3. The van der Waals surface area contributed by atoms with Crippen molar-refractivity contribution in [3.63, 3.8) is 0 Å². The van der Waals surface area contributed by atoms with E-state index in [0.717, 1.165) is 23.2 Å². The zero-order chi connectivity index (χ0) is 25.7. The van der Waals surface area contributed by atoms with E-state index in [-0.39, 0.29) is 11.3 Å². The van der Waals surface area contributed by atoms with Gasteiger partial charge in [0.2, 0.25) is 0 Å². The monoisotopic (exact) mass is 501 g/mol. The van der Waals surface area contributed by atoms with E-state index in [2.05, 4.69) is 20.5 Å². The van der Waals surface area contributed by atoms with Crippen molar-refractivity contribution in [1.29, 1.82) is 0 Å². The van der Waals surface area contributed by atoms with Crippen molar-refractivity contribution >= 4 is 28.4 Å². The van der Waals surface area contributed by atoms with Gasteiger partial charge in [0.05, 0.1) is 18.1 Å². The number of benzene rings is 3. The number of nitrogens with zero attached hydrogens (tertiary/aromatic N) is 2. The molecule has 1 aliphatic heterocycles. The lowest BCUT2D eigenvalue weighted by Gasteiger charge is -2.29. The second-order valence-electron chi connectivity index (χ2n) is 9.08. The first-order valence-corrected chi connectivity index (χ1v) is 11.6. The SMILES string of the molecule is CC(F)(F)CN1C(=O)c2[nH]nc(-c3cccc4[nH]c(=O)oc34)c2C1c1cccc(Nc2ccccc2)c1. The van der Waals surface area contributed by atoms with E-state index < -0.39 is 30.2 Å². The van der Waals surface area contributed by atoms with Gasteiger partial charge in [-0.25, -0.2) is 13.6 Å². The van der Waals surface area contributed by atoms with Crippen molar-refractivity contribution in [2.24, 2.45) is 0 Å². The van der Waals surface area contributed by atoms with Crippen LogP contribution in [0, 0.1) is 0 Å². The van der Waals surface area contributed by atoms with Crippen LogP contribution in [-0.4, -0.2) is 38.5 Å². The maximum Gasteiger partial charge on any atom is 0.417 e. The van der Waals surface area contributed by atoms with Gasteiger partial charge in [-0.15, -0.1) is 0 Å². The van der Waals surface area contributed by atoms with Gasteiger partial charge in [0.1, 0.15) is 11.4 Å². The minimum absolute atomic E-state index is 0.126. The molecule has 0 saturated heterocycles. The predicted molar refractivity (Wildman–Crippen MR) is 134 cm³/mol. The average Bonchev–Trinajstić information content (AvgIpc) is 3.52. The molecule has 3 aromatic carbocycles. The Bertz CT molecular complexity index is 1680. The van der Waals surface area contributed by atoms with Crippen LogP contribution >= 0.6 is 0 Å². The Morgan fingerprint density at radius 1 is 1.03 bits per heavy atom. The lowest BCUT2D eigenvalue weighted by Crippen LogP contribution is -2.38. The smallest absolute Gasteiger partial charge is 0.407 e. The molecular weight excluding hydrogens is 480 g/mol. The number of amides is 1. The molecule has 6 rings (SSSR count). The van der Waals surface area contributed by atoms with Crippen LogP contribution in [0.4, 0.5) is 20.2 Å². The van der Waals surface area contributed by atoms with Crippen LogP contribution in [0.25, 0.3) is 22.4 Å². The Labute approximate surface area is 208 Å². The lowest BCUT2D eigenvalue weighted by atomic mass is 9.95. The number of oxazole rings is 1. The van der Waals surface area contributed by atoms with Crippen molar-refractivity contribution < 1.29 is 18.0 Å². The quantitative estimate of drug-likeness (QED) is 0.287. The average molecular weight is 501 g/mol. The van der Waals surface area contributed by atoms with Gasteiger partial charge in [-0.1, -0.05) is 36.4 Å². The van der Waals surface area contributed by atoms with Crippen LogP contribution in [-0.2, 0) is 0 Å². The maximum absolute atomic E-state index is 14.3. The highest BCUT2D eigenvalue weighted by Gasteiger charge is 2.45. The van der Waals surface area contributed by atoms with Crippen LogP contribution < -0.4 is 11.1 Å². The van der Waals surface area contributed by atoms with E-state index in [0.29, 0.717) is 27.9 Å². The highest BCUT2D eigenvalue weighted by Crippen LogP contribution is 2.45. The first kappa shape index (κ1) is 22.7. The van der Waals surface area contributed by atoms with Gasteiger partial charge in [0.15, 0.2) is 5.58 Å². The number of carbonyl (C=O) groups is 1. The number of rotatable bonds is 6. The molecular formula is C27H21F2N5O3. The summed E-state index contributed by atoms with van der Waals surface area (Å²) in [5, 5.41) is 10.4. The van der Waals surface area contributed by atoms with E-state index in [1.807, 2.05) is 42.5 Å². The summed E-state index contributed by atoms with van der Waals surface area (Å²) in [7, 11) is 0. The number of para-hydroxylation sites is 2. The Hall–Kier alpha value is -4.73. The molecule has 0 bridgehead atoms. The molecule has 186 valence electrons. The van der Waals surface area contributed by atoms with Crippen LogP contribution in [0.1, 0.15) is 34.6 Å². The van der Waals surface area contributed by atoms with Gasteiger partial charge in [-0.3, -0.25) is 14.9 Å². The van der Waals surface area contributed by atoms with E-state index in [1.165, 1.54) is 0 Å². The number of halogens is 2. The second kappa shape index (κ2) is 8.44. The largest absolute Gasteiger partial charge is 0.417 e. The molecule has 0 saturated carbocycles. The van der Waals surface area contributed by atoms with Gasteiger partial charge in [0.25, 0.3) is 11.8 Å². The van der Waals surface area contributed by atoms with Crippen molar-refractivity contribution in [2.75, 3.05) is 11.9 Å². The number of aromatic nitrogens is 3. The van der Waals surface area contributed by atoms with Gasteiger partial charge in [-0.2, -0.15) is 5.10 Å². The summed E-state index contributed by atoms with van der Waals surface area (Å²) < 4.78 is 33.9. The van der Waals surface area contributed by atoms with Gasteiger partial charge >= 0.3 is 5.76 Å². The van der Waals surface area contributed by atoms with Crippen molar-refractivity contribution in [2.45, 2.75) is 18.9 Å². The molecule has 0 spiro atoms. The molecule has 1 aliphatic rings. The van der Waals surface area contributed by atoms with Gasteiger partial charge < -0.3 is 14.6 Å². The minimum Gasteiger partial charge on any atom is -0.407 e. The van der Waals surface area contributed by atoms with Crippen LogP contribution in [0.15, 0.2) is 82.0 Å². The molecule has 1 unspecified atom stereocenters. The van der Waals surface area contributed by atoms with Crippen LogP contribution in [0.2, 0.25) is 0 Å². The fourth-order valence-corrected chi connectivity index (χ4v) is 4.85. The fraction of sp³-hybridized carbons (Fsp3) is 0.148. The number of aromatic amines is 2. The summed E-state index contributed by atoms with van der Waals surface area (Å²) in [4.78, 5) is 29.0. The first-order chi connectivity index (χ1) is 17.8. The highest BCUT2D eigenvalue weighted by molar-refractivity contribution is 6.02. The number of alkyl halides is 2. The molecule has 1 atom stereocenters. The van der Waals surface area contributed by atoms with Crippen molar-refractivity contribution in [1.82, 2.24) is 20.1 Å². The predicted octanol–water partition coefficient (Wildman–Crippen LogP) is 5.46. The lowest BCUT2D eigenvalue weighted by molar-refractivity contribution is -0.0147. The van der Waals surface area contributed by atoms with Crippen molar-refractivity contribution in [3.05, 3.63) is 100 Å². The van der Waals surface area contributed by atoms with E-state index >= 15 is 0 Å². The molecule has 3 heterocycles. The Balaban J connectivity index is 1.51. The number of hydrogen-bond donors (Lipinski definition) is 3. The van der Waals surface area contributed by atoms with Gasteiger partial charge in [-0.05, 0) is 42.0 Å². The zero-order valence-corrected chi connectivity index (χ0v) is 19.6. The normalized spacial score (nSPS) is 15.4. The second-order valence-corrected chi connectivity index (χ2v) is 9.08. The number of nitrogens with one attached hydrogen (secondary N) is 3. The number of H-pyrrole nitrogens is 2. The van der Waals surface area contributed by atoms with E-state index in [4.69, 9.17) is 4.42 Å². The van der Waals surface area contributed by atoms with Crippen LogP contribution in [0.3, 0.4) is 0 Å². The molecule has 2 aromatic heterocycles. The molecule has 8 nitrogen and oxygen atoms in total. The van der Waals surface area contributed by atoms with Gasteiger partial charge in [0, 0.05) is 29.4 Å². The Morgan fingerprint density at radius 2 is 1.78 bits per heavy atom. The van der Waals surface area contributed by atoms with E-state index in [9.17, 15) is 18.4 Å². The summed E-state index contributed by atoms with van der Waals surface area (Å²) in [6.45, 7) is 0.00399. The molecule has 1 amide bonds. The zero-order valence-electron chi connectivity index (χ0n) is 19.6. The summed E-state index contributed by atoms with van der Waals surface area (Å²) in [6.07, 6.45) is 0. The van der Waals surface area contributed by atoms with Crippen LogP contribution in [0.5, 0.6) is 0 Å². The number of carbonyl (C=O) groups excluding carboxylic acids is 1. The topological polar surface area (TPSA) is 107 Å². The molecule has 0 fully saturated rings. The molecule has 10 heteroatoms. The summed E-state index contributed by atoms with van der Waals surface area (Å²) >= 11 is 0. The molecule has 5 aromatic rings. The minimum atomic E-state index is -3.13. The number of anilines is 2. The first-order valence-electron chi connectivity index (χ1n) is 11.6. The molecule has 3 N–H and O–H groups in total. The maximum atomic E-state index is 14.3. The summed E-state index contributed by atoms with van der Waals surface area (Å²) in [6, 6.07) is 21.1. The summed E-state index contributed by atoms with van der Waals surface area (Å²) in [5.41, 5.74) is 4.35. The standard InChI is InChI=1S/C27H21F2N5O3/c1-27(28,29)14-34-23(15-7-5-10-17(13-15)30-16-8-3-2-4-9-16)20-21(32-33-22(20)25(34)35)18-11-6-12-19-24(18)37-26(36)31-19/h2-13,23,30H,14H2,1H3,(H,31,36)(H,32,33). The third kappa shape index (κ3) is 4.06. The van der Waals surface area contributed by atoms with E-state index in [1.54, 1.807) is 30.3 Å². The molecule has 0 radical (unpaired) electrons. The molecule has 0 aliphatic carbocycles.